The number of nitrogens with two attached hydrogens (primary N) is 1. The van der Waals surface area contributed by atoms with E-state index in [0.29, 0.717) is 0 Å². The van der Waals surface area contributed by atoms with Crippen LogP contribution in [0.3, 0.4) is 0 Å². The number of aliphatic hydroxyl groups is 2. The highest BCUT2D eigenvalue weighted by Crippen LogP contribution is 1.76. The van der Waals surface area contributed by atoms with Crippen LogP contribution >= 0.6 is 0 Å². The van der Waals surface area contributed by atoms with Gasteiger partial charge in [-0.05, 0) is 0 Å². The molecule has 0 aromatic heterocycles. The lowest BCUT2D eigenvalue weighted by atomic mass is 10.8. The van der Waals surface area contributed by atoms with Crippen molar-refractivity contribution in [3.8, 4) is 0 Å². The number of nitrogens with one attached hydrogen (secondary N) is 1. The maximum Gasteiger partial charge on any atom is 0.192 e. The largest absolute Gasteiger partial charge is 0.376 e. The fraction of sp³-hybridized carbons (Fsp3) is 0.667. The molecule has 0 saturated carbocycles. The summed E-state index contributed by atoms with van der Waals surface area (Å²) in [5.41, 5.74) is 4.85. The predicted octanol–water partition coefficient (Wildman–Crippen LogP) is -1.92. The Morgan fingerprint density at radius 2 is 1.88 bits per heavy atom. The molecular weight excluding hydrogens is 110 g/mol. The molecular formula is C3H9N3O2. The summed E-state index contributed by atoms with van der Waals surface area (Å²) >= 11 is 0. The molecule has 0 aliphatic carbocycles. The quantitative estimate of drug-likeness (QED) is 0.194. The first-order valence-electron chi connectivity index (χ1n) is 2.03. The summed E-state index contributed by atoms with van der Waals surface area (Å²) in [6, 6.07) is 0. The first-order valence-corrected chi connectivity index (χ1v) is 2.03. The molecule has 0 aliphatic heterocycles. The van der Waals surface area contributed by atoms with Crippen molar-refractivity contribution in [3.63, 3.8) is 0 Å². The molecule has 0 heterocycles. The molecule has 48 valence electrons. The molecule has 0 saturated heterocycles. The van der Waals surface area contributed by atoms with Gasteiger partial charge in [-0.1, -0.05) is 0 Å². The monoisotopic (exact) mass is 119 g/mol. The van der Waals surface area contributed by atoms with Gasteiger partial charge < -0.3 is 15.9 Å². The number of guanidine groups is 1. The first-order chi connectivity index (χ1) is 3.72. The molecule has 0 aromatic rings. The molecule has 0 unspecified atom stereocenters. The van der Waals surface area contributed by atoms with E-state index >= 15 is 0 Å². The van der Waals surface area contributed by atoms with E-state index in [2.05, 4.69) is 0 Å². The number of rotatable bonds is 2. The summed E-state index contributed by atoms with van der Waals surface area (Å²) in [6.07, 6.45) is 0. The number of hydrogen-bond acceptors (Lipinski definition) is 3. The third kappa shape index (κ3) is 1.76. The number of hydrogen-bond donors (Lipinski definition) is 4. The molecule has 5 N–H and O–H groups in total. The van der Waals surface area contributed by atoms with Gasteiger partial charge in [0.1, 0.15) is 13.5 Å². The lowest BCUT2D eigenvalue weighted by Crippen LogP contribution is -2.37. The minimum absolute atomic E-state index is 0.338. The van der Waals surface area contributed by atoms with Crippen LogP contribution in [0.15, 0.2) is 0 Å². The zero-order chi connectivity index (χ0) is 6.57. The Hall–Kier alpha value is -0.810. The fourth-order valence-corrected chi connectivity index (χ4v) is 0.197. The maximum atomic E-state index is 8.24. The maximum absolute atomic E-state index is 8.24. The van der Waals surface area contributed by atoms with Gasteiger partial charge in [-0.2, -0.15) is 0 Å². The van der Waals surface area contributed by atoms with Crippen molar-refractivity contribution in [1.82, 2.24) is 4.90 Å². The lowest BCUT2D eigenvalue weighted by Gasteiger charge is -2.14. The van der Waals surface area contributed by atoms with Gasteiger partial charge in [0, 0.05) is 0 Å². The van der Waals surface area contributed by atoms with E-state index in [4.69, 9.17) is 21.4 Å². The van der Waals surface area contributed by atoms with Crippen LogP contribution in [0.2, 0.25) is 0 Å². The zero-order valence-electron chi connectivity index (χ0n) is 4.33. The Morgan fingerprint density at radius 3 is 1.88 bits per heavy atom. The van der Waals surface area contributed by atoms with Crippen LogP contribution in [0.5, 0.6) is 0 Å². The highest BCUT2D eigenvalue weighted by Gasteiger charge is 1.98. The Morgan fingerprint density at radius 1 is 1.50 bits per heavy atom. The molecule has 0 spiro atoms. The third-order valence-corrected chi connectivity index (χ3v) is 0.682. The summed E-state index contributed by atoms with van der Waals surface area (Å²) < 4.78 is 0. The van der Waals surface area contributed by atoms with Gasteiger partial charge in [0.2, 0.25) is 0 Å². The van der Waals surface area contributed by atoms with E-state index in [0.717, 1.165) is 4.90 Å². The van der Waals surface area contributed by atoms with Gasteiger partial charge >= 0.3 is 0 Å². The van der Waals surface area contributed by atoms with Crippen LogP contribution in [0.4, 0.5) is 0 Å². The SMILES string of the molecule is N=C(N)N(CO)CO. The zero-order valence-corrected chi connectivity index (χ0v) is 4.33. The van der Waals surface area contributed by atoms with Gasteiger partial charge in [-0.3, -0.25) is 10.3 Å². The van der Waals surface area contributed by atoms with E-state index in [1.165, 1.54) is 0 Å². The second kappa shape index (κ2) is 3.23. The second-order valence-corrected chi connectivity index (χ2v) is 1.21. The Balaban J connectivity index is 3.52. The minimum Gasteiger partial charge on any atom is -0.376 e. The Labute approximate surface area is 46.8 Å². The molecule has 5 heteroatoms. The van der Waals surface area contributed by atoms with E-state index in [1.807, 2.05) is 0 Å². The average molecular weight is 119 g/mol. The first kappa shape index (κ1) is 7.19. The number of nitrogens with zero attached hydrogens (tertiary/aromatic N) is 1. The fourth-order valence-electron chi connectivity index (χ4n) is 0.197. The smallest absolute Gasteiger partial charge is 0.192 e. The Bertz CT molecular complexity index is 80.6. The highest BCUT2D eigenvalue weighted by atomic mass is 16.3. The van der Waals surface area contributed by atoms with Gasteiger partial charge in [-0.25, -0.2) is 0 Å². The molecule has 0 rings (SSSR count). The average Bonchev–Trinajstić information content (AvgIpc) is 1.69. The van der Waals surface area contributed by atoms with Crippen LogP contribution in [0, 0.1) is 5.41 Å². The van der Waals surface area contributed by atoms with Crippen LogP contribution in [-0.2, 0) is 0 Å². The highest BCUT2D eigenvalue weighted by molar-refractivity contribution is 5.74. The summed E-state index contributed by atoms with van der Waals surface area (Å²) in [4.78, 5) is 0.889. The standard InChI is InChI=1S/C3H9N3O2/c4-3(5)6(1-7)2-8/h7-8H,1-2H2,(H3,4,5). The molecule has 0 radical (unpaired) electrons. The number of aliphatic hydroxyl groups excluding tert-OH is 2. The normalized spacial score (nSPS) is 8.75. The van der Waals surface area contributed by atoms with E-state index in [1.54, 1.807) is 0 Å². The molecule has 0 bridgehead atoms. The van der Waals surface area contributed by atoms with Crippen LogP contribution in [-0.4, -0.2) is 34.5 Å². The lowest BCUT2D eigenvalue weighted by molar-refractivity contribution is 0.0843. The summed E-state index contributed by atoms with van der Waals surface area (Å²) in [7, 11) is 0. The van der Waals surface area contributed by atoms with Gasteiger partial charge in [0.15, 0.2) is 5.96 Å². The van der Waals surface area contributed by atoms with Crippen molar-refractivity contribution >= 4 is 5.96 Å². The van der Waals surface area contributed by atoms with Gasteiger partial charge in [0.05, 0.1) is 0 Å². The van der Waals surface area contributed by atoms with Crippen molar-refractivity contribution < 1.29 is 10.2 Å². The van der Waals surface area contributed by atoms with E-state index < -0.39 is 13.5 Å². The van der Waals surface area contributed by atoms with Crippen molar-refractivity contribution in [2.24, 2.45) is 5.73 Å². The van der Waals surface area contributed by atoms with Gasteiger partial charge in [-0.15, -0.1) is 0 Å². The summed E-state index contributed by atoms with van der Waals surface area (Å²) in [6.45, 7) is -0.850. The molecule has 0 aromatic carbocycles. The van der Waals surface area contributed by atoms with Gasteiger partial charge in [0.25, 0.3) is 0 Å². The van der Waals surface area contributed by atoms with Crippen molar-refractivity contribution in [2.45, 2.75) is 0 Å². The van der Waals surface area contributed by atoms with Crippen molar-refractivity contribution in [1.29, 1.82) is 5.41 Å². The van der Waals surface area contributed by atoms with Crippen molar-refractivity contribution in [3.05, 3.63) is 0 Å². The Kier molecular flexibility index (Phi) is 2.90. The molecule has 0 amide bonds. The summed E-state index contributed by atoms with van der Waals surface area (Å²) in [5, 5.41) is 23.1. The van der Waals surface area contributed by atoms with Crippen LogP contribution < -0.4 is 5.73 Å². The van der Waals surface area contributed by atoms with Crippen LogP contribution in [0.25, 0.3) is 0 Å². The topological polar surface area (TPSA) is 93.6 Å². The van der Waals surface area contributed by atoms with E-state index in [-0.39, 0.29) is 5.96 Å². The molecule has 0 fully saturated rings. The van der Waals surface area contributed by atoms with E-state index in [9.17, 15) is 0 Å². The minimum atomic E-state index is -0.425. The molecule has 0 aliphatic rings. The third-order valence-electron chi connectivity index (χ3n) is 0.682. The molecule has 8 heavy (non-hydrogen) atoms. The second-order valence-electron chi connectivity index (χ2n) is 1.21. The summed E-state index contributed by atoms with van der Waals surface area (Å²) in [5.74, 6) is -0.338. The molecule has 5 nitrogen and oxygen atoms in total. The predicted molar refractivity (Wildman–Crippen MR) is 27.9 cm³/mol. The van der Waals surface area contributed by atoms with Crippen LogP contribution in [0.1, 0.15) is 0 Å². The van der Waals surface area contributed by atoms with Crippen molar-refractivity contribution in [2.75, 3.05) is 13.5 Å². The molecule has 0 atom stereocenters.